The number of amides is 1. The summed E-state index contributed by atoms with van der Waals surface area (Å²) in [5.74, 6) is 0.484. The van der Waals surface area contributed by atoms with Crippen molar-refractivity contribution in [2.24, 2.45) is 5.41 Å². The number of aryl methyl sites for hydroxylation is 1. The molecule has 0 aromatic carbocycles. The number of hydrogen-bond donors (Lipinski definition) is 2. The standard InChI is InChI=1S/C18H31N5O3/c1-14-10-15(19)23(20-14)11-16(24)22-5-4-18(25,17(2,3)12-22)13-21-6-8-26-9-7-21/h10,25H,4-9,11-13,19H2,1-3H3/t18-/m0/s1. The summed E-state index contributed by atoms with van der Waals surface area (Å²) in [7, 11) is 0. The smallest absolute Gasteiger partial charge is 0.244 e. The minimum atomic E-state index is -0.817. The molecule has 0 saturated carbocycles. The Kier molecular flexibility index (Phi) is 5.28. The summed E-state index contributed by atoms with van der Waals surface area (Å²) >= 11 is 0. The van der Waals surface area contributed by atoms with Crippen LogP contribution >= 0.6 is 0 Å². The van der Waals surface area contributed by atoms with Crippen molar-refractivity contribution >= 4 is 11.7 Å². The number of aliphatic hydroxyl groups is 1. The fourth-order valence-corrected chi connectivity index (χ4v) is 3.92. The molecule has 146 valence electrons. The Morgan fingerprint density at radius 1 is 1.35 bits per heavy atom. The molecule has 2 fully saturated rings. The lowest BCUT2D eigenvalue weighted by atomic mass is 9.69. The molecule has 8 heteroatoms. The summed E-state index contributed by atoms with van der Waals surface area (Å²) in [6.45, 7) is 10.9. The predicted octanol–water partition coefficient (Wildman–Crippen LogP) is 0.0955. The zero-order valence-corrected chi connectivity index (χ0v) is 16.1. The van der Waals surface area contributed by atoms with Crippen LogP contribution in [0.4, 0.5) is 5.82 Å². The van der Waals surface area contributed by atoms with Gasteiger partial charge in [-0.2, -0.15) is 5.10 Å². The first-order valence-electron chi connectivity index (χ1n) is 9.30. The summed E-state index contributed by atoms with van der Waals surface area (Å²) in [6.07, 6.45) is 0.566. The number of anilines is 1. The number of nitrogens with two attached hydrogens (primary N) is 1. The number of hydrogen-bond acceptors (Lipinski definition) is 6. The maximum absolute atomic E-state index is 12.7. The van der Waals surface area contributed by atoms with E-state index in [9.17, 15) is 9.90 Å². The van der Waals surface area contributed by atoms with E-state index < -0.39 is 11.0 Å². The number of carbonyl (C=O) groups excluding carboxylic acids is 1. The molecule has 0 aliphatic carbocycles. The second-order valence-corrected chi connectivity index (χ2v) is 8.24. The minimum absolute atomic E-state index is 0.0127. The van der Waals surface area contributed by atoms with Crippen LogP contribution in [0.15, 0.2) is 6.07 Å². The van der Waals surface area contributed by atoms with Crippen LogP contribution in [0.3, 0.4) is 0 Å². The molecule has 3 N–H and O–H groups in total. The van der Waals surface area contributed by atoms with E-state index in [0.717, 1.165) is 18.8 Å². The molecule has 1 amide bonds. The molecule has 0 radical (unpaired) electrons. The quantitative estimate of drug-likeness (QED) is 0.785. The molecule has 3 heterocycles. The SMILES string of the molecule is Cc1cc(N)n(CC(=O)N2CC[C@](O)(CN3CCOCC3)C(C)(C)C2)n1. The maximum atomic E-state index is 12.7. The molecule has 1 aromatic rings. The Morgan fingerprint density at radius 3 is 2.62 bits per heavy atom. The van der Waals surface area contributed by atoms with Crippen LogP contribution < -0.4 is 5.73 Å². The summed E-state index contributed by atoms with van der Waals surface area (Å²) in [6, 6.07) is 1.76. The third-order valence-electron chi connectivity index (χ3n) is 5.80. The number of carbonyl (C=O) groups is 1. The van der Waals surface area contributed by atoms with Gasteiger partial charge in [-0.1, -0.05) is 13.8 Å². The molecule has 1 atom stereocenters. The van der Waals surface area contributed by atoms with Gasteiger partial charge in [0, 0.05) is 44.2 Å². The average molecular weight is 365 g/mol. The number of likely N-dealkylation sites (tertiary alicyclic amines) is 1. The molecule has 2 aliphatic heterocycles. The maximum Gasteiger partial charge on any atom is 0.244 e. The van der Waals surface area contributed by atoms with Crippen molar-refractivity contribution in [3.8, 4) is 0 Å². The number of morpholine rings is 1. The lowest BCUT2D eigenvalue weighted by Crippen LogP contribution is -2.63. The van der Waals surface area contributed by atoms with Gasteiger partial charge in [-0.25, -0.2) is 4.68 Å². The van der Waals surface area contributed by atoms with E-state index in [4.69, 9.17) is 10.5 Å². The second-order valence-electron chi connectivity index (χ2n) is 8.24. The molecule has 1 aromatic heterocycles. The van der Waals surface area contributed by atoms with Crippen molar-refractivity contribution in [3.63, 3.8) is 0 Å². The fourth-order valence-electron chi connectivity index (χ4n) is 3.92. The Bertz CT molecular complexity index is 653. The highest BCUT2D eigenvalue weighted by atomic mass is 16.5. The number of piperidine rings is 1. The van der Waals surface area contributed by atoms with Crippen LogP contribution in [-0.2, 0) is 16.1 Å². The zero-order valence-electron chi connectivity index (χ0n) is 16.1. The van der Waals surface area contributed by atoms with Gasteiger partial charge in [0.2, 0.25) is 5.91 Å². The molecule has 2 aliphatic rings. The molecular formula is C18H31N5O3. The van der Waals surface area contributed by atoms with Gasteiger partial charge in [0.15, 0.2) is 0 Å². The van der Waals surface area contributed by atoms with E-state index >= 15 is 0 Å². The van der Waals surface area contributed by atoms with Gasteiger partial charge in [0.05, 0.1) is 24.5 Å². The van der Waals surface area contributed by atoms with Gasteiger partial charge >= 0.3 is 0 Å². The second kappa shape index (κ2) is 7.17. The fraction of sp³-hybridized carbons (Fsp3) is 0.778. The Balaban J connectivity index is 1.63. The number of nitrogens with zero attached hydrogens (tertiary/aromatic N) is 4. The van der Waals surface area contributed by atoms with Crippen molar-refractivity contribution in [2.75, 3.05) is 51.7 Å². The van der Waals surface area contributed by atoms with Crippen LogP contribution in [0.1, 0.15) is 26.0 Å². The van der Waals surface area contributed by atoms with Crippen LogP contribution in [0.25, 0.3) is 0 Å². The first-order chi connectivity index (χ1) is 12.2. The highest BCUT2D eigenvalue weighted by Gasteiger charge is 2.49. The van der Waals surface area contributed by atoms with E-state index in [1.165, 1.54) is 0 Å². The lowest BCUT2D eigenvalue weighted by molar-refractivity contribution is -0.158. The van der Waals surface area contributed by atoms with E-state index in [-0.39, 0.29) is 12.5 Å². The Labute approximate surface area is 154 Å². The summed E-state index contributed by atoms with van der Waals surface area (Å²) in [5, 5.41) is 15.6. The zero-order chi connectivity index (χ0) is 18.9. The topological polar surface area (TPSA) is 96.8 Å². The number of β-amino-alcohol motifs (C(OH)–C–C–N with tert-alkyl or cyclic N) is 1. The van der Waals surface area contributed by atoms with Gasteiger partial charge in [0.1, 0.15) is 12.4 Å². The predicted molar refractivity (Wildman–Crippen MR) is 98.6 cm³/mol. The van der Waals surface area contributed by atoms with Crippen molar-refractivity contribution in [2.45, 2.75) is 39.3 Å². The molecule has 2 saturated heterocycles. The normalized spacial score (nSPS) is 26.8. The van der Waals surface area contributed by atoms with Crippen molar-refractivity contribution in [1.29, 1.82) is 0 Å². The Morgan fingerprint density at radius 2 is 2.04 bits per heavy atom. The lowest BCUT2D eigenvalue weighted by Gasteiger charge is -2.52. The molecule has 0 spiro atoms. The van der Waals surface area contributed by atoms with Crippen LogP contribution in [-0.4, -0.2) is 82.1 Å². The van der Waals surface area contributed by atoms with E-state index in [1.807, 2.05) is 25.7 Å². The van der Waals surface area contributed by atoms with E-state index in [2.05, 4.69) is 10.00 Å². The van der Waals surface area contributed by atoms with Gasteiger partial charge in [0.25, 0.3) is 0 Å². The van der Waals surface area contributed by atoms with E-state index in [0.29, 0.717) is 45.1 Å². The average Bonchev–Trinajstić information content (AvgIpc) is 2.88. The minimum Gasteiger partial charge on any atom is -0.388 e. The molecule has 26 heavy (non-hydrogen) atoms. The van der Waals surface area contributed by atoms with Gasteiger partial charge in [-0.15, -0.1) is 0 Å². The van der Waals surface area contributed by atoms with Gasteiger partial charge < -0.3 is 20.5 Å². The number of aromatic nitrogens is 2. The Hall–Kier alpha value is -1.64. The van der Waals surface area contributed by atoms with Crippen LogP contribution in [0.5, 0.6) is 0 Å². The third kappa shape index (κ3) is 3.87. The van der Waals surface area contributed by atoms with E-state index in [1.54, 1.807) is 10.7 Å². The highest BCUT2D eigenvalue weighted by Crippen LogP contribution is 2.39. The van der Waals surface area contributed by atoms with Gasteiger partial charge in [-0.3, -0.25) is 9.69 Å². The third-order valence-corrected chi connectivity index (χ3v) is 5.80. The largest absolute Gasteiger partial charge is 0.388 e. The molecule has 8 nitrogen and oxygen atoms in total. The molecule has 3 rings (SSSR count). The van der Waals surface area contributed by atoms with Crippen molar-refractivity contribution in [3.05, 3.63) is 11.8 Å². The van der Waals surface area contributed by atoms with Gasteiger partial charge in [-0.05, 0) is 13.3 Å². The molecule has 0 unspecified atom stereocenters. The first-order valence-corrected chi connectivity index (χ1v) is 9.30. The van der Waals surface area contributed by atoms with Crippen molar-refractivity contribution < 1.29 is 14.6 Å². The first kappa shape index (κ1) is 19.1. The van der Waals surface area contributed by atoms with Crippen LogP contribution in [0.2, 0.25) is 0 Å². The van der Waals surface area contributed by atoms with Crippen molar-refractivity contribution in [1.82, 2.24) is 19.6 Å². The highest BCUT2D eigenvalue weighted by molar-refractivity contribution is 5.76. The summed E-state index contributed by atoms with van der Waals surface area (Å²) in [4.78, 5) is 16.8. The monoisotopic (exact) mass is 365 g/mol. The summed E-state index contributed by atoms with van der Waals surface area (Å²) < 4.78 is 6.94. The molecule has 0 bridgehead atoms. The number of nitrogen functional groups attached to an aromatic ring is 1. The number of ether oxygens (including phenoxy) is 1. The number of rotatable bonds is 4. The van der Waals surface area contributed by atoms with Crippen LogP contribution in [0, 0.1) is 12.3 Å². The molecular weight excluding hydrogens is 334 g/mol. The summed E-state index contributed by atoms with van der Waals surface area (Å²) in [5.41, 5.74) is 5.48.